The van der Waals surface area contributed by atoms with Gasteiger partial charge in [-0.1, -0.05) is 5.16 Å². The first-order chi connectivity index (χ1) is 22.7. The lowest BCUT2D eigenvalue weighted by atomic mass is 9.63. The SMILES string of the molecule is CC(C1CCCN1C)n1nc(C#N)c2c(N3CCCC(C)(O)C3)nc(-c3noc4c3CCCC43CCCc4sc(N)c(C#N)c43)nc21. The fraction of sp³-hybridized carbons (Fsp3) is 0.588. The minimum Gasteiger partial charge on any atom is -0.389 e. The summed E-state index contributed by atoms with van der Waals surface area (Å²) < 4.78 is 8.23. The van der Waals surface area contributed by atoms with Crippen LogP contribution in [0, 0.1) is 22.7 Å². The lowest BCUT2D eigenvalue weighted by molar-refractivity contribution is 0.0448. The molecule has 2 aliphatic heterocycles. The summed E-state index contributed by atoms with van der Waals surface area (Å²) >= 11 is 1.53. The molecular weight excluding hydrogens is 613 g/mol. The molecule has 4 aromatic heterocycles. The number of likely N-dealkylation sites (tertiary alicyclic amines) is 1. The maximum absolute atomic E-state index is 11.1. The third-order valence-electron chi connectivity index (χ3n) is 11.2. The van der Waals surface area contributed by atoms with Gasteiger partial charge < -0.3 is 25.2 Å². The molecule has 0 bridgehead atoms. The second-order valence-electron chi connectivity index (χ2n) is 14.3. The molecule has 47 heavy (non-hydrogen) atoms. The van der Waals surface area contributed by atoms with Gasteiger partial charge in [-0.15, -0.1) is 11.3 Å². The minimum absolute atomic E-state index is 0.0317. The molecule has 6 heterocycles. The maximum atomic E-state index is 11.1. The van der Waals surface area contributed by atoms with E-state index in [1.54, 1.807) is 0 Å². The number of β-amino-alcohol motifs (C(OH)–C–C–N with tert-alkyl or cyclic N) is 1. The molecule has 2 aliphatic carbocycles. The Labute approximate surface area is 277 Å². The van der Waals surface area contributed by atoms with Crippen molar-refractivity contribution < 1.29 is 9.63 Å². The molecule has 0 amide bonds. The topological polar surface area (TPSA) is 170 Å². The number of hydrogen-bond donors (Lipinski definition) is 2. The molecule has 0 radical (unpaired) electrons. The second-order valence-corrected chi connectivity index (χ2v) is 15.4. The van der Waals surface area contributed by atoms with Gasteiger partial charge in [-0.2, -0.15) is 15.6 Å². The van der Waals surface area contributed by atoms with Crippen molar-refractivity contribution in [2.24, 2.45) is 0 Å². The standard InChI is InChI=1S/C34H40N10O2S/c1-19(23-9-6-14-42(23)3)44-32-25(22(17-36)40-44)31(43-15-7-11-33(2,45)18-43)38-30(39-32)27-20-8-4-12-34(28(20)46-41-27)13-5-10-24-26(34)21(16-35)29(37)47-24/h19,23,45H,4-15,18,37H2,1-3H3. The molecule has 4 aliphatic rings. The Kier molecular flexibility index (Phi) is 7.10. The number of likely N-dealkylation sites (N-methyl/N-ethyl adjacent to an activating group) is 1. The van der Waals surface area contributed by atoms with Crippen molar-refractivity contribution in [3.05, 3.63) is 33.0 Å². The van der Waals surface area contributed by atoms with Gasteiger partial charge in [-0.05, 0) is 97.2 Å². The summed E-state index contributed by atoms with van der Waals surface area (Å²) in [4.78, 5) is 15.9. The fourth-order valence-corrected chi connectivity index (χ4v) is 10.2. The van der Waals surface area contributed by atoms with Gasteiger partial charge in [-0.3, -0.25) is 0 Å². The first-order valence-corrected chi connectivity index (χ1v) is 17.7. The molecule has 12 nitrogen and oxygen atoms in total. The minimum atomic E-state index is -0.892. The number of nitrogen functional groups attached to an aromatic ring is 1. The largest absolute Gasteiger partial charge is 0.389 e. The van der Waals surface area contributed by atoms with Crippen LogP contribution in [0.5, 0.6) is 0 Å². The molecule has 2 fully saturated rings. The van der Waals surface area contributed by atoms with E-state index in [-0.39, 0.29) is 17.8 Å². The molecule has 3 N–H and O–H groups in total. The van der Waals surface area contributed by atoms with Gasteiger partial charge in [0.1, 0.15) is 23.0 Å². The lowest BCUT2D eigenvalue weighted by Gasteiger charge is -2.39. The average Bonchev–Trinajstić information content (AvgIpc) is 3.84. The zero-order valence-corrected chi connectivity index (χ0v) is 28.0. The van der Waals surface area contributed by atoms with Gasteiger partial charge in [0.2, 0.25) is 0 Å². The highest BCUT2D eigenvalue weighted by atomic mass is 32.1. The monoisotopic (exact) mass is 652 g/mol. The number of thiophene rings is 1. The smallest absolute Gasteiger partial charge is 0.186 e. The van der Waals surface area contributed by atoms with Crippen LogP contribution in [0.25, 0.3) is 22.6 Å². The molecular formula is C34H40N10O2S. The van der Waals surface area contributed by atoms with Crippen LogP contribution in [0.4, 0.5) is 10.8 Å². The first-order valence-electron chi connectivity index (χ1n) is 16.8. The van der Waals surface area contributed by atoms with E-state index < -0.39 is 11.0 Å². The van der Waals surface area contributed by atoms with E-state index in [1.165, 1.54) is 16.2 Å². The number of hydrogen-bond acceptors (Lipinski definition) is 12. The third kappa shape index (κ3) is 4.58. The van der Waals surface area contributed by atoms with E-state index in [9.17, 15) is 15.6 Å². The van der Waals surface area contributed by atoms with Gasteiger partial charge in [0, 0.05) is 29.6 Å². The molecule has 2 saturated heterocycles. The van der Waals surface area contributed by atoms with Crippen molar-refractivity contribution in [1.82, 2.24) is 29.8 Å². The zero-order chi connectivity index (χ0) is 32.7. The number of nitrogens with two attached hydrogens (primary N) is 1. The average molecular weight is 653 g/mol. The number of fused-ring (bicyclic) bond motifs is 5. The molecule has 8 rings (SSSR count). The van der Waals surface area contributed by atoms with Crippen LogP contribution in [0.1, 0.15) is 104 Å². The zero-order valence-electron chi connectivity index (χ0n) is 27.2. The Balaban J connectivity index is 1.33. The molecule has 4 atom stereocenters. The third-order valence-corrected chi connectivity index (χ3v) is 12.3. The Morgan fingerprint density at radius 2 is 1.89 bits per heavy atom. The molecule has 0 aromatic carbocycles. The number of piperidine rings is 1. The summed E-state index contributed by atoms with van der Waals surface area (Å²) in [5.41, 5.74) is 9.08. The van der Waals surface area contributed by atoms with Crippen molar-refractivity contribution in [2.45, 2.75) is 101 Å². The van der Waals surface area contributed by atoms with E-state index in [1.807, 2.05) is 11.6 Å². The van der Waals surface area contributed by atoms with Crippen LogP contribution in [0.15, 0.2) is 4.52 Å². The summed E-state index contributed by atoms with van der Waals surface area (Å²) in [5, 5.41) is 42.3. The summed E-state index contributed by atoms with van der Waals surface area (Å²) in [5.74, 6) is 1.82. The number of anilines is 2. The van der Waals surface area contributed by atoms with E-state index in [0.29, 0.717) is 58.4 Å². The quantitative estimate of drug-likeness (QED) is 0.309. The number of nitrogens with zero attached hydrogens (tertiary/aromatic N) is 9. The number of aryl methyl sites for hydroxylation is 1. The molecule has 244 valence electrons. The van der Waals surface area contributed by atoms with Gasteiger partial charge >= 0.3 is 0 Å². The normalized spacial score (nSPS) is 26.7. The lowest BCUT2D eigenvalue weighted by Crippen LogP contribution is -2.46. The van der Waals surface area contributed by atoms with Crippen molar-refractivity contribution in [2.75, 3.05) is 37.3 Å². The van der Waals surface area contributed by atoms with E-state index in [4.69, 9.17) is 25.3 Å². The number of rotatable bonds is 4. The van der Waals surface area contributed by atoms with Crippen LogP contribution in [-0.2, 0) is 18.3 Å². The maximum Gasteiger partial charge on any atom is 0.186 e. The summed E-state index contributed by atoms with van der Waals surface area (Å²) in [7, 11) is 2.14. The number of aliphatic hydroxyl groups is 1. The van der Waals surface area contributed by atoms with Crippen molar-refractivity contribution in [3.63, 3.8) is 0 Å². The van der Waals surface area contributed by atoms with Gasteiger partial charge in [0.05, 0.1) is 28.0 Å². The first kappa shape index (κ1) is 30.3. The van der Waals surface area contributed by atoms with Crippen LogP contribution >= 0.6 is 11.3 Å². The van der Waals surface area contributed by atoms with Crippen LogP contribution in [0.3, 0.4) is 0 Å². The van der Waals surface area contributed by atoms with Crippen LogP contribution < -0.4 is 10.6 Å². The highest BCUT2D eigenvalue weighted by Crippen LogP contribution is 2.55. The number of nitriles is 2. The summed E-state index contributed by atoms with van der Waals surface area (Å²) in [6.45, 7) is 6.09. The predicted octanol–water partition coefficient (Wildman–Crippen LogP) is 4.83. The van der Waals surface area contributed by atoms with E-state index >= 15 is 0 Å². The molecule has 0 saturated carbocycles. The van der Waals surface area contributed by atoms with Crippen molar-refractivity contribution in [3.8, 4) is 23.7 Å². The van der Waals surface area contributed by atoms with E-state index in [0.717, 1.165) is 81.2 Å². The highest BCUT2D eigenvalue weighted by molar-refractivity contribution is 7.16. The highest BCUT2D eigenvalue weighted by Gasteiger charge is 2.49. The van der Waals surface area contributed by atoms with E-state index in [2.05, 4.69) is 41.1 Å². The number of aromatic nitrogens is 5. The Hall–Kier alpha value is -4.04. The van der Waals surface area contributed by atoms with Gasteiger partial charge in [0.15, 0.2) is 28.6 Å². The van der Waals surface area contributed by atoms with Crippen LogP contribution in [0.2, 0.25) is 0 Å². The Morgan fingerprint density at radius 1 is 1.09 bits per heavy atom. The summed E-state index contributed by atoms with van der Waals surface area (Å²) in [6, 6.07) is 4.95. The molecule has 4 aromatic rings. The van der Waals surface area contributed by atoms with Crippen molar-refractivity contribution >= 4 is 33.2 Å². The second kappa shape index (κ2) is 11.0. The molecule has 1 spiro atoms. The van der Waals surface area contributed by atoms with Gasteiger partial charge in [-0.25, -0.2) is 14.6 Å². The molecule has 4 unspecified atom stereocenters. The fourth-order valence-electron chi connectivity index (χ4n) is 9.04. The predicted molar refractivity (Wildman–Crippen MR) is 178 cm³/mol. The van der Waals surface area contributed by atoms with Crippen molar-refractivity contribution in [1.29, 1.82) is 10.5 Å². The Bertz CT molecular complexity index is 1970. The Morgan fingerprint density at radius 3 is 2.62 bits per heavy atom. The summed E-state index contributed by atoms with van der Waals surface area (Å²) in [6.07, 6.45) is 8.93. The van der Waals surface area contributed by atoms with Crippen LogP contribution in [-0.4, -0.2) is 73.2 Å². The molecule has 13 heteroatoms. The van der Waals surface area contributed by atoms with Gasteiger partial charge in [0.25, 0.3) is 0 Å².